The van der Waals surface area contributed by atoms with Crippen LogP contribution >= 0.6 is 0 Å². The monoisotopic (exact) mass is 745 g/mol. The van der Waals surface area contributed by atoms with Crippen molar-refractivity contribution in [3.63, 3.8) is 0 Å². The van der Waals surface area contributed by atoms with Crippen LogP contribution in [0.3, 0.4) is 0 Å². The lowest BCUT2D eigenvalue weighted by Crippen LogP contribution is -2.24. The summed E-state index contributed by atoms with van der Waals surface area (Å²) in [6.07, 6.45) is 7.95. The van der Waals surface area contributed by atoms with Crippen LogP contribution in [0.1, 0.15) is 31.4 Å². The molecule has 0 radical (unpaired) electrons. The summed E-state index contributed by atoms with van der Waals surface area (Å²) in [6, 6.07) is 59.0. The van der Waals surface area contributed by atoms with E-state index in [-0.39, 0.29) is 5.41 Å². The van der Waals surface area contributed by atoms with Crippen molar-refractivity contribution in [1.82, 2.24) is 0 Å². The molecule has 1 unspecified atom stereocenters. The number of furan rings is 2. The first-order valence-corrected chi connectivity index (χ1v) is 20.3. The predicted octanol–water partition coefficient (Wildman–Crippen LogP) is 15.7. The number of para-hydroxylation sites is 2. The van der Waals surface area contributed by atoms with Gasteiger partial charge in [0.1, 0.15) is 22.3 Å². The maximum Gasteiger partial charge on any atom is 0.143 e. The third-order valence-corrected chi connectivity index (χ3v) is 12.9. The number of benzene rings is 8. The first kappa shape index (κ1) is 33.1. The van der Waals surface area contributed by atoms with Crippen molar-refractivity contribution in [2.24, 2.45) is 5.92 Å². The van der Waals surface area contributed by atoms with Crippen molar-refractivity contribution in [3.8, 4) is 22.3 Å². The number of allylic oxidation sites excluding steroid dienone is 4. The summed E-state index contributed by atoms with van der Waals surface area (Å²) in [7, 11) is 0. The molecule has 0 spiro atoms. The first-order chi connectivity index (χ1) is 28.5. The van der Waals surface area contributed by atoms with Gasteiger partial charge in [-0.3, -0.25) is 0 Å². The molecule has 10 aromatic rings. The molecule has 58 heavy (non-hydrogen) atoms. The van der Waals surface area contributed by atoms with Gasteiger partial charge in [0.15, 0.2) is 0 Å². The van der Waals surface area contributed by atoms with Crippen molar-refractivity contribution in [1.29, 1.82) is 0 Å². The van der Waals surface area contributed by atoms with E-state index >= 15 is 0 Å². The van der Waals surface area contributed by atoms with Gasteiger partial charge in [-0.15, -0.1) is 0 Å². The van der Waals surface area contributed by atoms with Gasteiger partial charge in [0.2, 0.25) is 0 Å². The minimum atomic E-state index is 0.0566. The standard InChI is InChI=1S/C55H39NO2/c1-55(2)49-18-10-8-15-41(49)42-29-26-39(32-50(42)55)56(37-12-4-3-5-13-37)38-24-20-34(21-25-38)35-22-27-45-48-33-47(40-14-6-7-17-46(40)54(48)58-53(45)30-35)36-23-28-44-43-16-9-11-19-51(43)57-52(44)31-36/h3-17,19-33,49H,18H2,1-2H3. The zero-order chi connectivity index (χ0) is 38.5. The molecule has 2 aliphatic rings. The Kier molecular flexibility index (Phi) is 7.10. The van der Waals surface area contributed by atoms with Crippen molar-refractivity contribution >= 4 is 77.3 Å². The van der Waals surface area contributed by atoms with E-state index in [4.69, 9.17) is 8.83 Å². The Morgan fingerprint density at radius 2 is 1.12 bits per heavy atom. The summed E-state index contributed by atoms with van der Waals surface area (Å²) < 4.78 is 13.1. The van der Waals surface area contributed by atoms with Crippen LogP contribution in [0.2, 0.25) is 0 Å². The molecular formula is C55H39NO2. The lowest BCUT2D eigenvalue weighted by Gasteiger charge is -2.30. The SMILES string of the molecule is CC1(C)c2cc(N(c3ccccc3)c3ccc(-c4ccc5c(c4)oc4c6ccccc6c(-c6ccc7c(c6)oc6ccccc67)cc54)cc3)ccc2C2=CC=CCC21. The Labute approximate surface area is 336 Å². The average molecular weight is 746 g/mol. The molecule has 0 saturated carbocycles. The smallest absolute Gasteiger partial charge is 0.143 e. The Morgan fingerprint density at radius 1 is 0.483 bits per heavy atom. The maximum atomic E-state index is 6.76. The van der Waals surface area contributed by atoms with E-state index in [0.717, 1.165) is 94.7 Å². The highest BCUT2D eigenvalue weighted by Crippen LogP contribution is 2.54. The summed E-state index contributed by atoms with van der Waals surface area (Å²) >= 11 is 0. The van der Waals surface area contributed by atoms with Crippen LogP contribution in [-0.4, -0.2) is 0 Å². The fourth-order valence-corrected chi connectivity index (χ4v) is 9.97. The molecule has 0 amide bonds. The molecular weight excluding hydrogens is 707 g/mol. The molecule has 0 fully saturated rings. The molecule has 2 heterocycles. The molecule has 0 saturated heterocycles. The maximum absolute atomic E-state index is 6.76. The second kappa shape index (κ2) is 12.4. The van der Waals surface area contributed by atoms with Crippen molar-refractivity contribution in [2.75, 3.05) is 4.90 Å². The molecule has 1 atom stereocenters. The van der Waals surface area contributed by atoms with Crippen LogP contribution in [0.4, 0.5) is 17.1 Å². The van der Waals surface area contributed by atoms with Gasteiger partial charge in [0, 0.05) is 44.0 Å². The third kappa shape index (κ3) is 4.93. The molecule has 12 rings (SSSR count). The van der Waals surface area contributed by atoms with E-state index in [2.05, 4.69) is 189 Å². The second-order valence-electron chi connectivity index (χ2n) is 16.5. The number of hydrogen-bond acceptors (Lipinski definition) is 3. The van der Waals surface area contributed by atoms with E-state index in [1.807, 2.05) is 12.1 Å². The quantitative estimate of drug-likeness (QED) is 0.176. The highest BCUT2D eigenvalue weighted by Gasteiger charge is 2.43. The molecule has 0 N–H and O–H groups in total. The van der Waals surface area contributed by atoms with E-state index in [1.54, 1.807) is 0 Å². The molecule has 0 aliphatic heterocycles. The lowest BCUT2D eigenvalue weighted by molar-refractivity contribution is 0.415. The summed E-state index contributed by atoms with van der Waals surface area (Å²) in [4.78, 5) is 2.38. The summed E-state index contributed by atoms with van der Waals surface area (Å²) in [6.45, 7) is 4.82. The van der Waals surface area contributed by atoms with Gasteiger partial charge < -0.3 is 13.7 Å². The third-order valence-electron chi connectivity index (χ3n) is 12.9. The van der Waals surface area contributed by atoms with E-state index < -0.39 is 0 Å². The Hall–Kier alpha value is -7.10. The van der Waals surface area contributed by atoms with Gasteiger partial charge in [-0.1, -0.05) is 123 Å². The minimum Gasteiger partial charge on any atom is -0.456 e. The molecule has 8 aromatic carbocycles. The predicted molar refractivity (Wildman–Crippen MR) is 242 cm³/mol. The van der Waals surface area contributed by atoms with Crippen molar-refractivity contribution < 1.29 is 8.83 Å². The first-order valence-electron chi connectivity index (χ1n) is 20.3. The average Bonchev–Trinajstić information content (AvgIpc) is 3.91. The lowest BCUT2D eigenvalue weighted by atomic mass is 9.75. The van der Waals surface area contributed by atoms with Crippen molar-refractivity contribution in [3.05, 3.63) is 193 Å². The van der Waals surface area contributed by atoms with Crippen LogP contribution in [-0.2, 0) is 5.41 Å². The number of nitrogens with zero attached hydrogens (tertiary/aromatic N) is 1. The van der Waals surface area contributed by atoms with Gasteiger partial charge in [0.25, 0.3) is 0 Å². The van der Waals surface area contributed by atoms with Crippen molar-refractivity contribution in [2.45, 2.75) is 25.7 Å². The van der Waals surface area contributed by atoms with Gasteiger partial charge >= 0.3 is 0 Å². The highest BCUT2D eigenvalue weighted by molar-refractivity contribution is 6.20. The van der Waals surface area contributed by atoms with E-state index in [9.17, 15) is 0 Å². The number of rotatable bonds is 5. The number of fused-ring (bicyclic) bond motifs is 11. The summed E-state index contributed by atoms with van der Waals surface area (Å²) in [5.74, 6) is 0.510. The van der Waals surface area contributed by atoms with Crippen LogP contribution in [0.5, 0.6) is 0 Å². The molecule has 3 heteroatoms. The summed E-state index contributed by atoms with van der Waals surface area (Å²) in [5.41, 5.74) is 15.9. The largest absolute Gasteiger partial charge is 0.456 e. The van der Waals surface area contributed by atoms with Crippen LogP contribution in [0.15, 0.2) is 191 Å². The fourth-order valence-electron chi connectivity index (χ4n) is 9.97. The van der Waals surface area contributed by atoms with Gasteiger partial charge in [-0.2, -0.15) is 0 Å². The Balaban J connectivity index is 0.929. The van der Waals surface area contributed by atoms with Gasteiger partial charge in [-0.25, -0.2) is 0 Å². The molecule has 0 bridgehead atoms. The Bertz CT molecular complexity index is 3340. The fraction of sp³-hybridized carbons (Fsp3) is 0.0909. The van der Waals surface area contributed by atoms with E-state index in [1.165, 1.54) is 22.4 Å². The molecule has 3 nitrogen and oxygen atoms in total. The highest BCUT2D eigenvalue weighted by atomic mass is 16.3. The normalized spacial score (nSPS) is 15.7. The number of hydrogen-bond donors (Lipinski definition) is 0. The second-order valence-corrected chi connectivity index (χ2v) is 16.5. The van der Waals surface area contributed by atoms with Crippen LogP contribution in [0, 0.1) is 5.92 Å². The summed E-state index contributed by atoms with van der Waals surface area (Å²) in [5, 5.41) is 6.74. The number of anilines is 3. The van der Waals surface area contributed by atoms with Gasteiger partial charge in [-0.05, 0) is 135 Å². The Morgan fingerprint density at radius 3 is 1.97 bits per heavy atom. The van der Waals surface area contributed by atoms with Gasteiger partial charge in [0.05, 0.1) is 0 Å². The molecule has 2 aromatic heterocycles. The minimum absolute atomic E-state index is 0.0566. The van der Waals surface area contributed by atoms with Crippen LogP contribution < -0.4 is 4.90 Å². The topological polar surface area (TPSA) is 29.5 Å². The zero-order valence-corrected chi connectivity index (χ0v) is 32.4. The zero-order valence-electron chi connectivity index (χ0n) is 32.4. The van der Waals surface area contributed by atoms with Crippen LogP contribution in [0.25, 0.3) is 82.5 Å². The molecule has 276 valence electrons. The van der Waals surface area contributed by atoms with E-state index in [0.29, 0.717) is 5.92 Å². The molecule has 2 aliphatic carbocycles.